The maximum atomic E-state index is 11.5. The number of hydrogen-bond donors (Lipinski definition) is 1. The first-order valence-electron chi connectivity index (χ1n) is 7.78. The highest BCUT2D eigenvalue weighted by Gasteiger charge is 2.44. The van der Waals surface area contributed by atoms with E-state index in [4.69, 9.17) is 28.9 Å². The van der Waals surface area contributed by atoms with Crippen LogP contribution in [0.25, 0.3) is 0 Å². The van der Waals surface area contributed by atoms with E-state index in [0.29, 0.717) is 0 Å². The minimum absolute atomic E-state index is 0.472. The molecule has 0 aliphatic heterocycles. The molecule has 5 atom stereocenters. The van der Waals surface area contributed by atoms with Crippen LogP contribution in [-0.4, -0.2) is 73.2 Å². The molecule has 0 rings (SSSR count). The van der Waals surface area contributed by atoms with Crippen LogP contribution < -0.4 is 0 Å². The molecule has 11 heteroatoms. The van der Waals surface area contributed by atoms with Gasteiger partial charge < -0.3 is 28.8 Å². The van der Waals surface area contributed by atoms with E-state index in [1.54, 1.807) is 0 Å². The van der Waals surface area contributed by atoms with Crippen molar-refractivity contribution in [3.05, 3.63) is 0 Å². The third-order valence-electron chi connectivity index (χ3n) is 3.10. The van der Waals surface area contributed by atoms with Crippen LogP contribution in [0.15, 0.2) is 0 Å². The minimum atomic E-state index is -1.89. The molecule has 0 spiro atoms. The van der Waals surface area contributed by atoms with Gasteiger partial charge in [-0.2, -0.15) is 5.26 Å². The van der Waals surface area contributed by atoms with Gasteiger partial charge in [0.15, 0.2) is 24.4 Å². The van der Waals surface area contributed by atoms with Crippen LogP contribution in [0, 0.1) is 11.3 Å². The van der Waals surface area contributed by atoms with Crippen molar-refractivity contribution in [1.82, 2.24) is 0 Å². The number of carbonyl (C=O) groups excluding carboxylic acids is 4. The summed E-state index contributed by atoms with van der Waals surface area (Å²) in [6.07, 6.45) is -7.72. The number of esters is 4. The van der Waals surface area contributed by atoms with Crippen molar-refractivity contribution in [2.45, 2.75) is 58.2 Å². The fourth-order valence-electron chi connectivity index (χ4n) is 2.20. The van der Waals surface area contributed by atoms with Crippen molar-refractivity contribution in [1.29, 1.82) is 5.26 Å². The van der Waals surface area contributed by atoms with Gasteiger partial charge in [0.05, 0.1) is 6.07 Å². The Kier molecular flexibility index (Phi) is 10.6. The second-order valence-electron chi connectivity index (χ2n) is 5.37. The van der Waals surface area contributed by atoms with Gasteiger partial charge in [0.25, 0.3) is 0 Å². The standard InChI is InChI=1S/C16H23NO10/c1-8(18)24-7-13(25-9(2)19)15(23-5)16(27-11(4)21)14(12(22)6-17)26-10(3)20/h12-16,22H,7H2,1-5H3/t12?,13-,14-,15-,16-/m1/s1. The zero-order valence-electron chi connectivity index (χ0n) is 15.7. The Hall–Kier alpha value is -2.71. The van der Waals surface area contributed by atoms with Crippen LogP contribution in [0.1, 0.15) is 27.7 Å². The van der Waals surface area contributed by atoms with E-state index in [0.717, 1.165) is 34.8 Å². The molecule has 0 saturated carbocycles. The van der Waals surface area contributed by atoms with Crippen LogP contribution in [0.2, 0.25) is 0 Å². The van der Waals surface area contributed by atoms with Crippen molar-refractivity contribution in [3.8, 4) is 6.07 Å². The Bertz CT molecular complexity index is 584. The highest BCUT2D eigenvalue weighted by atomic mass is 16.6. The lowest BCUT2D eigenvalue weighted by atomic mass is 9.98. The third kappa shape index (κ3) is 8.98. The van der Waals surface area contributed by atoms with Crippen LogP contribution >= 0.6 is 0 Å². The number of methoxy groups -OCH3 is 1. The molecule has 0 radical (unpaired) electrons. The number of nitriles is 1. The van der Waals surface area contributed by atoms with E-state index in [9.17, 15) is 24.3 Å². The summed E-state index contributed by atoms with van der Waals surface area (Å²) in [6.45, 7) is 3.79. The molecule has 1 N–H and O–H groups in total. The molecule has 0 amide bonds. The lowest BCUT2D eigenvalue weighted by Gasteiger charge is -2.35. The van der Waals surface area contributed by atoms with Gasteiger partial charge in [-0.3, -0.25) is 19.2 Å². The Morgan fingerprint density at radius 3 is 1.70 bits per heavy atom. The SMILES string of the molecule is CO[C@@H]([C@H](OC(C)=O)[C@H](OC(C)=O)C(O)C#N)[C@@H](COC(C)=O)OC(C)=O. The number of carbonyl (C=O) groups is 4. The van der Waals surface area contributed by atoms with E-state index >= 15 is 0 Å². The van der Waals surface area contributed by atoms with Crippen LogP contribution in [0.5, 0.6) is 0 Å². The normalized spacial score (nSPS) is 15.9. The molecule has 0 aliphatic rings. The minimum Gasteiger partial charge on any atom is -0.462 e. The third-order valence-corrected chi connectivity index (χ3v) is 3.10. The Balaban J connectivity index is 5.96. The maximum Gasteiger partial charge on any atom is 0.303 e. The molecule has 0 saturated heterocycles. The Labute approximate surface area is 156 Å². The second kappa shape index (κ2) is 11.8. The van der Waals surface area contributed by atoms with Gasteiger partial charge in [-0.05, 0) is 0 Å². The second-order valence-corrected chi connectivity index (χ2v) is 5.37. The molecule has 0 heterocycles. The van der Waals surface area contributed by atoms with E-state index in [1.807, 2.05) is 0 Å². The van der Waals surface area contributed by atoms with Crippen molar-refractivity contribution in [2.75, 3.05) is 13.7 Å². The van der Waals surface area contributed by atoms with Gasteiger partial charge in [0.1, 0.15) is 12.7 Å². The quantitative estimate of drug-likeness (QED) is 0.284. The van der Waals surface area contributed by atoms with Crippen LogP contribution in [0.3, 0.4) is 0 Å². The smallest absolute Gasteiger partial charge is 0.303 e. The van der Waals surface area contributed by atoms with Gasteiger partial charge in [0, 0.05) is 34.8 Å². The summed E-state index contributed by atoms with van der Waals surface area (Å²) >= 11 is 0. The average molecular weight is 389 g/mol. The van der Waals surface area contributed by atoms with E-state index in [1.165, 1.54) is 6.07 Å². The molecular weight excluding hydrogens is 366 g/mol. The van der Waals surface area contributed by atoms with Gasteiger partial charge in [0.2, 0.25) is 0 Å². The van der Waals surface area contributed by atoms with Gasteiger partial charge >= 0.3 is 23.9 Å². The van der Waals surface area contributed by atoms with Gasteiger partial charge in [-0.25, -0.2) is 0 Å². The molecule has 0 bridgehead atoms. The first-order valence-corrected chi connectivity index (χ1v) is 7.78. The number of rotatable bonds is 10. The summed E-state index contributed by atoms with van der Waals surface area (Å²) in [5.74, 6) is -3.16. The van der Waals surface area contributed by atoms with Crippen LogP contribution in [-0.2, 0) is 42.9 Å². The van der Waals surface area contributed by atoms with E-state index < -0.39 is 61.0 Å². The number of hydrogen-bond acceptors (Lipinski definition) is 11. The zero-order valence-corrected chi connectivity index (χ0v) is 15.7. The van der Waals surface area contributed by atoms with Gasteiger partial charge in [-0.1, -0.05) is 0 Å². The largest absolute Gasteiger partial charge is 0.462 e. The topological polar surface area (TPSA) is 158 Å². The monoisotopic (exact) mass is 389 g/mol. The Morgan fingerprint density at radius 1 is 0.852 bits per heavy atom. The molecule has 0 aliphatic carbocycles. The summed E-state index contributed by atoms with van der Waals surface area (Å²) in [5.41, 5.74) is 0. The van der Waals surface area contributed by atoms with E-state index in [2.05, 4.69) is 0 Å². The molecule has 1 unspecified atom stereocenters. The summed E-state index contributed by atoms with van der Waals surface area (Å²) < 4.78 is 25.1. The predicted octanol–water partition coefficient (Wildman–Crippen LogP) is -0.756. The predicted molar refractivity (Wildman–Crippen MR) is 85.7 cm³/mol. The van der Waals surface area contributed by atoms with Crippen molar-refractivity contribution < 1.29 is 48.0 Å². The average Bonchev–Trinajstić information content (AvgIpc) is 2.55. The number of ether oxygens (including phenoxy) is 5. The molecule has 152 valence electrons. The van der Waals surface area contributed by atoms with E-state index in [-0.39, 0.29) is 0 Å². The van der Waals surface area contributed by atoms with Gasteiger partial charge in [-0.15, -0.1) is 0 Å². The fraction of sp³-hybridized carbons (Fsp3) is 0.688. The molecule has 0 fully saturated rings. The molecule has 27 heavy (non-hydrogen) atoms. The summed E-state index contributed by atoms with van der Waals surface area (Å²) in [4.78, 5) is 45.3. The molecule has 0 aromatic rings. The molecule has 0 aromatic heterocycles. The zero-order chi connectivity index (χ0) is 21.1. The lowest BCUT2D eigenvalue weighted by molar-refractivity contribution is -0.202. The first-order chi connectivity index (χ1) is 12.5. The highest BCUT2D eigenvalue weighted by molar-refractivity contribution is 5.68. The molecule has 0 aromatic carbocycles. The number of nitrogens with zero attached hydrogens (tertiary/aromatic N) is 1. The fourth-order valence-corrected chi connectivity index (χ4v) is 2.20. The number of aliphatic hydroxyl groups excluding tert-OH is 1. The molecular formula is C16H23NO10. The maximum absolute atomic E-state index is 11.5. The summed E-state index contributed by atoms with van der Waals surface area (Å²) in [5, 5.41) is 18.9. The van der Waals surface area contributed by atoms with Crippen molar-refractivity contribution >= 4 is 23.9 Å². The number of aliphatic hydroxyl groups is 1. The Morgan fingerprint density at radius 2 is 1.33 bits per heavy atom. The highest BCUT2D eigenvalue weighted by Crippen LogP contribution is 2.21. The van der Waals surface area contributed by atoms with Crippen molar-refractivity contribution in [2.24, 2.45) is 0 Å². The van der Waals surface area contributed by atoms with Crippen molar-refractivity contribution in [3.63, 3.8) is 0 Å². The summed E-state index contributed by atoms with van der Waals surface area (Å²) in [7, 11) is 1.16. The molecule has 11 nitrogen and oxygen atoms in total. The van der Waals surface area contributed by atoms with Crippen LogP contribution in [0.4, 0.5) is 0 Å². The first kappa shape index (κ1) is 24.3. The summed E-state index contributed by atoms with van der Waals surface area (Å²) in [6, 6.07) is 1.47. The lowest BCUT2D eigenvalue weighted by Crippen LogP contribution is -2.55.